The first-order chi connectivity index (χ1) is 8.09. The zero-order chi connectivity index (χ0) is 12.3. The fourth-order valence-corrected chi connectivity index (χ4v) is 2.83. The van der Waals surface area contributed by atoms with Gasteiger partial charge in [0.15, 0.2) is 0 Å². The molecule has 87 valence electrons. The van der Waals surface area contributed by atoms with E-state index in [-0.39, 0.29) is 0 Å². The van der Waals surface area contributed by atoms with Crippen molar-refractivity contribution in [3.8, 4) is 0 Å². The molecular weight excluding hydrogens is 234 g/mol. The second kappa shape index (κ2) is 4.59. The lowest BCUT2D eigenvalue weighted by atomic mass is 10.2. The largest absolute Gasteiger partial charge is 0.280 e. The van der Waals surface area contributed by atoms with Crippen LogP contribution in [0.25, 0.3) is 0 Å². The monoisotopic (exact) mass is 246 g/mol. The molecule has 1 N–H and O–H groups in total. The van der Waals surface area contributed by atoms with Crippen LogP contribution in [0.15, 0.2) is 53.4 Å². The highest BCUT2D eigenvalue weighted by Gasteiger charge is 2.15. The molecule has 0 heterocycles. The molecule has 2 aromatic carbocycles. The number of rotatable bonds is 3. The molecule has 0 atom stereocenters. The summed E-state index contributed by atoms with van der Waals surface area (Å²) in [5.41, 5.74) is 1.26. The fourth-order valence-electron chi connectivity index (χ4n) is 1.52. The lowest BCUT2D eigenvalue weighted by Crippen LogP contribution is -2.13. The highest BCUT2D eigenvalue weighted by Crippen LogP contribution is 2.18. The second-order valence-corrected chi connectivity index (χ2v) is 5.31. The molecule has 1 radical (unpaired) electrons. The molecule has 0 aliphatic rings. The summed E-state index contributed by atoms with van der Waals surface area (Å²) in [7, 11) is -3.51. The average Bonchev–Trinajstić information content (AvgIpc) is 2.30. The third-order valence-electron chi connectivity index (χ3n) is 2.35. The highest BCUT2D eigenvalue weighted by molar-refractivity contribution is 7.92. The molecule has 2 aromatic rings. The SMILES string of the molecule is Cc1ccccc1S(=O)(=O)Nc1cc[c]cc1. The Balaban J connectivity index is 2.36. The topological polar surface area (TPSA) is 46.2 Å². The van der Waals surface area contributed by atoms with Crippen LogP contribution in [-0.2, 0) is 10.0 Å². The molecule has 4 heteroatoms. The van der Waals surface area contributed by atoms with Crippen LogP contribution in [0.4, 0.5) is 5.69 Å². The van der Waals surface area contributed by atoms with Crippen molar-refractivity contribution in [2.75, 3.05) is 4.72 Å². The lowest BCUT2D eigenvalue weighted by Gasteiger charge is -2.09. The lowest BCUT2D eigenvalue weighted by molar-refractivity contribution is 0.600. The van der Waals surface area contributed by atoms with E-state index in [1.807, 2.05) is 6.07 Å². The van der Waals surface area contributed by atoms with Crippen molar-refractivity contribution < 1.29 is 8.42 Å². The van der Waals surface area contributed by atoms with E-state index in [2.05, 4.69) is 10.8 Å². The van der Waals surface area contributed by atoms with Gasteiger partial charge in [0.25, 0.3) is 10.0 Å². The minimum absolute atomic E-state index is 0.299. The van der Waals surface area contributed by atoms with Gasteiger partial charge in [0.2, 0.25) is 0 Å². The van der Waals surface area contributed by atoms with E-state index < -0.39 is 10.0 Å². The number of aryl methyl sites for hydroxylation is 1. The standard InChI is InChI=1S/C13H12NO2S/c1-11-7-5-6-10-13(11)17(15,16)14-12-8-3-2-4-9-12/h3-10,14H,1H3. The minimum Gasteiger partial charge on any atom is -0.280 e. The third-order valence-corrected chi connectivity index (χ3v) is 3.90. The van der Waals surface area contributed by atoms with Gasteiger partial charge in [-0.1, -0.05) is 30.3 Å². The Morgan fingerprint density at radius 2 is 1.71 bits per heavy atom. The summed E-state index contributed by atoms with van der Waals surface area (Å²) in [5, 5.41) is 0. The minimum atomic E-state index is -3.51. The molecule has 3 nitrogen and oxygen atoms in total. The van der Waals surface area contributed by atoms with Crippen molar-refractivity contribution in [3.63, 3.8) is 0 Å². The third kappa shape index (κ3) is 2.65. The summed E-state index contributed by atoms with van der Waals surface area (Å²) in [6, 6.07) is 16.4. The molecule has 0 bridgehead atoms. The molecular formula is C13H12NO2S. The van der Waals surface area contributed by atoms with E-state index >= 15 is 0 Å². The van der Waals surface area contributed by atoms with Gasteiger partial charge in [-0.25, -0.2) is 8.42 Å². The predicted octanol–water partition coefficient (Wildman–Crippen LogP) is 2.60. The molecule has 2 rings (SSSR count). The van der Waals surface area contributed by atoms with Crippen molar-refractivity contribution in [1.82, 2.24) is 0 Å². The van der Waals surface area contributed by atoms with Crippen LogP contribution in [-0.4, -0.2) is 8.42 Å². The normalized spacial score (nSPS) is 11.1. The number of benzene rings is 2. The smallest absolute Gasteiger partial charge is 0.262 e. The van der Waals surface area contributed by atoms with Gasteiger partial charge in [-0.2, -0.15) is 0 Å². The van der Waals surface area contributed by atoms with Crippen LogP contribution in [0.2, 0.25) is 0 Å². The van der Waals surface area contributed by atoms with Crippen molar-refractivity contribution in [2.45, 2.75) is 11.8 Å². The molecule has 0 amide bonds. The first-order valence-corrected chi connectivity index (χ1v) is 6.62. The van der Waals surface area contributed by atoms with E-state index in [1.165, 1.54) is 0 Å². The van der Waals surface area contributed by atoms with Gasteiger partial charge >= 0.3 is 0 Å². The van der Waals surface area contributed by atoms with Crippen molar-refractivity contribution in [3.05, 3.63) is 60.2 Å². The molecule has 0 saturated carbocycles. The summed E-state index contributed by atoms with van der Waals surface area (Å²) >= 11 is 0. The maximum absolute atomic E-state index is 12.1. The first kappa shape index (κ1) is 11.7. The highest BCUT2D eigenvalue weighted by atomic mass is 32.2. The van der Waals surface area contributed by atoms with Crippen LogP contribution >= 0.6 is 0 Å². The van der Waals surface area contributed by atoms with Gasteiger partial charge in [-0.3, -0.25) is 4.72 Å². The fraction of sp³-hybridized carbons (Fsp3) is 0.0769. The number of hydrogen-bond acceptors (Lipinski definition) is 2. The number of nitrogens with one attached hydrogen (secondary N) is 1. The number of sulfonamides is 1. The predicted molar refractivity (Wildman–Crippen MR) is 67.3 cm³/mol. The zero-order valence-electron chi connectivity index (χ0n) is 9.34. The van der Waals surface area contributed by atoms with Crippen molar-refractivity contribution in [1.29, 1.82) is 0 Å². The van der Waals surface area contributed by atoms with Crippen molar-refractivity contribution >= 4 is 15.7 Å². The number of anilines is 1. The molecule has 0 saturated heterocycles. The Morgan fingerprint density at radius 3 is 2.35 bits per heavy atom. The Kier molecular flexibility index (Phi) is 3.15. The Labute approximate surface area is 101 Å². The van der Waals surface area contributed by atoms with E-state index in [9.17, 15) is 8.42 Å². The van der Waals surface area contributed by atoms with Crippen LogP contribution in [0, 0.1) is 13.0 Å². The molecule has 0 aliphatic carbocycles. The van der Waals surface area contributed by atoms with Crippen LogP contribution < -0.4 is 4.72 Å². The van der Waals surface area contributed by atoms with E-state index in [1.54, 1.807) is 49.4 Å². The van der Waals surface area contributed by atoms with E-state index in [0.717, 1.165) is 5.56 Å². The summed E-state index contributed by atoms with van der Waals surface area (Å²) < 4.78 is 26.7. The quantitative estimate of drug-likeness (QED) is 0.904. The molecule has 0 unspecified atom stereocenters. The van der Waals surface area contributed by atoms with E-state index in [0.29, 0.717) is 10.6 Å². The van der Waals surface area contributed by atoms with Crippen LogP contribution in [0.1, 0.15) is 5.56 Å². The number of hydrogen-bond donors (Lipinski definition) is 1. The van der Waals surface area contributed by atoms with Gasteiger partial charge < -0.3 is 0 Å². The van der Waals surface area contributed by atoms with Crippen molar-refractivity contribution in [2.24, 2.45) is 0 Å². The first-order valence-electron chi connectivity index (χ1n) is 5.14. The van der Waals surface area contributed by atoms with Gasteiger partial charge in [0.05, 0.1) is 4.90 Å². The van der Waals surface area contributed by atoms with E-state index in [4.69, 9.17) is 0 Å². The Hall–Kier alpha value is -1.81. The average molecular weight is 246 g/mol. The molecule has 17 heavy (non-hydrogen) atoms. The molecule has 0 aromatic heterocycles. The maximum Gasteiger partial charge on any atom is 0.262 e. The van der Waals surface area contributed by atoms with Crippen LogP contribution in [0.3, 0.4) is 0 Å². The molecule has 0 spiro atoms. The molecule has 0 aliphatic heterocycles. The van der Waals surface area contributed by atoms with Gasteiger partial charge in [0.1, 0.15) is 0 Å². The summed E-state index contributed by atoms with van der Waals surface area (Å²) in [6.07, 6.45) is 0. The summed E-state index contributed by atoms with van der Waals surface area (Å²) in [6.45, 7) is 1.77. The zero-order valence-corrected chi connectivity index (χ0v) is 10.2. The Bertz CT molecular complexity index is 606. The maximum atomic E-state index is 12.1. The Morgan fingerprint density at radius 1 is 1.06 bits per heavy atom. The van der Waals surface area contributed by atoms with Gasteiger partial charge in [-0.15, -0.1) is 0 Å². The van der Waals surface area contributed by atoms with Gasteiger partial charge in [0, 0.05) is 5.69 Å². The van der Waals surface area contributed by atoms with Gasteiger partial charge in [-0.05, 0) is 36.8 Å². The summed E-state index contributed by atoms with van der Waals surface area (Å²) in [4.78, 5) is 0.299. The second-order valence-electron chi connectivity index (χ2n) is 3.66. The molecule has 0 fully saturated rings. The van der Waals surface area contributed by atoms with Crippen LogP contribution in [0.5, 0.6) is 0 Å². The summed E-state index contributed by atoms with van der Waals surface area (Å²) in [5.74, 6) is 0.